The molecule has 1 unspecified atom stereocenters. The van der Waals surface area contributed by atoms with E-state index in [0.29, 0.717) is 0 Å². The van der Waals surface area contributed by atoms with Crippen LogP contribution in [0.25, 0.3) is 0 Å². The van der Waals surface area contributed by atoms with Crippen molar-refractivity contribution in [3.05, 3.63) is 12.2 Å². The number of rotatable bonds is 7. The molecule has 0 saturated heterocycles. The minimum atomic E-state index is -1.21. The SMILES string of the molecule is C=C(CC(O)CC(=O)OCCO)C(=O)O. The van der Waals surface area contributed by atoms with Crippen LogP contribution in [0, 0.1) is 0 Å². The molecule has 0 fully saturated rings. The maximum atomic E-state index is 10.9. The number of carboxylic acid groups (broad SMARTS) is 1. The number of hydrogen-bond donors (Lipinski definition) is 3. The second-order valence-electron chi connectivity index (χ2n) is 2.91. The summed E-state index contributed by atoms with van der Waals surface area (Å²) >= 11 is 0. The van der Waals surface area contributed by atoms with Gasteiger partial charge in [-0.25, -0.2) is 4.79 Å². The molecule has 0 aromatic heterocycles. The predicted molar refractivity (Wildman–Crippen MR) is 50.1 cm³/mol. The fourth-order valence-corrected chi connectivity index (χ4v) is 0.855. The molecule has 6 heteroatoms. The van der Waals surface area contributed by atoms with Gasteiger partial charge in [0.05, 0.1) is 19.1 Å². The first-order valence-corrected chi connectivity index (χ1v) is 4.33. The Morgan fingerprint density at radius 1 is 1.33 bits per heavy atom. The molecule has 0 aliphatic heterocycles. The second kappa shape index (κ2) is 6.97. The molecule has 0 aromatic carbocycles. The lowest BCUT2D eigenvalue weighted by atomic mass is 10.1. The molecular weight excluding hydrogens is 204 g/mol. The third-order valence-corrected chi connectivity index (χ3v) is 1.54. The highest BCUT2D eigenvalue weighted by molar-refractivity contribution is 5.85. The average molecular weight is 218 g/mol. The van der Waals surface area contributed by atoms with Gasteiger partial charge < -0.3 is 20.1 Å². The molecule has 0 radical (unpaired) electrons. The van der Waals surface area contributed by atoms with Crippen LogP contribution in [0.3, 0.4) is 0 Å². The fraction of sp³-hybridized carbons (Fsp3) is 0.556. The summed E-state index contributed by atoms with van der Waals surface area (Å²) in [5, 5.41) is 26.0. The minimum Gasteiger partial charge on any atom is -0.478 e. The summed E-state index contributed by atoms with van der Waals surface area (Å²) < 4.78 is 4.48. The summed E-state index contributed by atoms with van der Waals surface area (Å²) in [6.45, 7) is 2.79. The molecule has 1 atom stereocenters. The number of esters is 1. The molecule has 86 valence electrons. The van der Waals surface area contributed by atoms with Gasteiger partial charge in [-0.1, -0.05) is 6.58 Å². The Morgan fingerprint density at radius 3 is 2.40 bits per heavy atom. The molecule has 0 rings (SSSR count). The van der Waals surface area contributed by atoms with Crippen LogP contribution in [0.2, 0.25) is 0 Å². The van der Waals surface area contributed by atoms with Gasteiger partial charge in [0, 0.05) is 12.0 Å². The summed E-state index contributed by atoms with van der Waals surface area (Å²) in [5.41, 5.74) is -0.169. The summed E-state index contributed by atoms with van der Waals surface area (Å²) in [6, 6.07) is 0. The summed E-state index contributed by atoms with van der Waals surface area (Å²) in [7, 11) is 0. The number of hydrogen-bond acceptors (Lipinski definition) is 5. The molecule has 0 spiro atoms. The van der Waals surface area contributed by atoms with Crippen molar-refractivity contribution in [3.8, 4) is 0 Å². The predicted octanol–water partition coefficient (Wildman–Crippen LogP) is -0.696. The van der Waals surface area contributed by atoms with E-state index < -0.39 is 18.0 Å². The van der Waals surface area contributed by atoms with Crippen LogP contribution in [-0.4, -0.2) is 46.6 Å². The van der Waals surface area contributed by atoms with E-state index in [1.807, 2.05) is 0 Å². The van der Waals surface area contributed by atoms with Gasteiger partial charge in [-0.3, -0.25) is 4.79 Å². The number of carboxylic acids is 1. The first-order chi connectivity index (χ1) is 6.97. The van der Waals surface area contributed by atoms with Crippen molar-refractivity contribution in [1.82, 2.24) is 0 Å². The van der Waals surface area contributed by atoms with Gasteiger partial charge in [-0.05, 0) is 0 Å². The highest BCUT2D eigenvalue weighted by atomic mass is 16.5. The van der Waals surface area contributed by atoms with Crippen molar-refractivity contribution < 1.29 is 29.6 Å². The number of aliphatic hydroxyl groups is 2. The number of carbonyl (C=O) groups excluding carboxylic acids is 1. The zero-order chi connectivity index (χ0) is 11.8. The summed E-state index contributed by atoms with van der Waals surface area (Å²) in [5.74, 6) is -1.90. The monoisotopic (exact) mass is 218 g/mol. The Bertz CT molecular complexity index is 247. The average Bonchev–Trinajstić information content (AvgIpc) is 2.14. The maximum Gasteiger partial charge on any atom is 0.331 e. The van der Waals surface area contributed by atoms with E-state index in [1.54, 1.807) is 0 Å². The third kappa shape index (κ3) is 6.64. The first kappa shape index (κ1) is 13.6. The van der Waals surface area contributed by atoms with Crippen LogP contribution >= 0.6 is 0 Å². The molecule has 0 heterocycles. The molecule has 0 aliphatic carbocycles. The van der Waals surface area contributed by atoms with Crippen LogP contribution in [-0.2, 0) is 14.3 Å². The summed E-state index contributed by atoms with van der Waals surface area (Å²) in [4.78, 5) is 21.2. The number of aliphatic carboxylic acids is 1. The van der Waals surface area contributed by atoms with Crippen molar-refractivity contribution in [2.24, 2.45) is 0 Å². The Labute approximate surface area is 86.8 Å². The number of carbonyl (C=O) groups is 2. The smallest absolute Gasteiger partial charge is 0.331 e. The Hall–Kier alpha value is -1.40. The number of ether oxygens (including phenoxy) is 1. The standard InChI is InChI=1S/C9H14O6/c1-6(9(13)14)4-7(11)5-8(12)15-3-2-10/h7,10-11H,1-5H2,(H,13,14). The molecule has 0 aromatic rings. The maximum absolute atomic E-state index is 10.9. The molecule has 6 nitrogen and oxygen atoms in total. The molecular formula is C9H14O6. The fourth-order valence-electron chi connectivity index (χ4n) is 0.855. The van der Waals surface area contributed by atoms with E-state index in [4.69, 9.17) is 10.2 Å². The van der Waals surface area contributed by atoms with Crippen LogP contribution in [0.5, 0.6) is 0 Å². The van der Waals surface area contributed by atoms with Gasteiger partial charge in [-0.2, -0.15) is 0 Å². The van der Waals surface area contributed by atoms with E-state index in [2.05, 4.69) is 11.3 Å². The van der Waals surface area contributed by atoms with Crippen molar-refractivity contribution in [1.29, 1.82) is 0 Å². The van der Waals surface area contributed by atoms with Crippen molar-refractivity contribution in [3.63, 3.8) is 0 Å². The topological polar surface area (TPSA) is 104 Å². The van der Waals surface area contributed by atoms with Crippen molar-refractivity contribution in [2.45, 2.75) is 18.9 Å². The first-order valence-electron chi connectivity index (χ1n) is 4.33. The molecule has 0 bridgehead atoms. The van der Waals surface area contributed by atoms with Gasteiger partial charge in [0.1, 0.15) is 6.61 Å². The van der Waals surface area contributed by atoms with E-state index >= 15 is 0 Å². The normalized spacial score (nSPS) is 11.9. The van der Waals surface area contributed by atoms with Gasteiger partial charge in [0.15, 0.2) is 0 Å². The lowest BCUT2D eigenvalue weighted by Gasteiger charge is -2.09. The Morgan fingerprint density at radius 2 is 1.93 bits per heavy atom. The number of aliphatic hydroxyl groups excluding tert-OH is 2. The van der Waals surface area contributed by atoms with E-state index in [1.165, 1.54) is 0 Å². The zero-order valence-corrected chi connectivity index (χ0v) is 8.18. The summed E-state index contributed by atoms with van der Waals surface area (Å²) in [6.07, 6.45) is -1.63. The van der Waals surface area contributed by atoms with Gasteiger partial charge in [0.25, 0.3) is 0 Å². The molecule has 3 N–H and O–H groups in total. The highest BCUT2D eigenvalue weighted by Gasteiger charge is 2.15. The van der Waals surface area contributed by atoms with Gasteiger partial charge >= 0.3 is 11.9 Å². The Kier molecular flexibility index (Phi) is 6.32. The Balaban J connectivity index is 3.82. The zero-order valence-electron chi connectivity index (χ0n) is 8.18. The lowest BCUT2D eigenvalue weighted by molar-refractivity contribution is -0.147. The minimum absolute atomic E-state index is 0.134. The van der Waals surface area contributed by atoms with Crippen LogP contribution < -0.4 is 0 Å². The molecule has 0 amide bonds. The van der Waals surface area contributed by atoms with Gasteiger partial charge in [-0.15, -0.1) is 0 Å². The van der Waals surface area contributed by atoms with Gasteiger partial charge in [0.2, 0.25) is 0 Å². The van der Waals surface area contributed by atoms with Crippen molar-refractivity contribution >= 4 is 11.9 Å². The van der Waals surface area contributed by atoms with E-state index in [9.17, 15) is 14.7 Å². The van der Waals surface area contributed by atoms with Crippen LogP contribution in [0.15, 0.2) is 12.2 Å². The molecule has 0 saturated carbocycles. The lowest BCUT2D eigenvalue weighted by Crippen LogP contribution is -2.19. The second-order valence-corrected chi connectivity index (χ2v) is 2.91. The van der Waals surface area contributed by atoms with Crippen LogP contribution in [0.1, 0.15) is 12.8 Å². The highest BCUT2D eigenvalue weighted by Crippen LogP contribution is 2.07. The third-order valence-electron chi connectivity index (χ3n) is 1.54. The molecule has 0 aliphatic rings. The van der Waals surface area contributed by atoms with Crippen molar-refractivity contribution in [2.75, 3.05) is 13.2 Å². The molecule has 15 heavy (non-hydrogen) atoms. The van der Waals surface area contributed by atoms with Crippen LogP contribution in [0.4, 0.5) is 0 Å². The largest absolute Gasteiger partial charge is 0.478 e. The van der Waals surface area contributed by atoms with E-state index in [-0.39, 0.29) is 31.6 Å². The van der Waals surface area contributed by atoms with E-state index in [0.717, 1.165) is 0 Å². The quantitative estimate of drug-likeness (QED) is 0.385.